The number of nitrogens with one attached hydrogen (secondary N) is 1. The third-order valence-corrected chi connectivity index (χ3v) is 6.93. The number of carboxylic acids is 1. The van der Waals surface area contributed by atoms with Gasteiger partial charge in [0.15, 0.2) is 5.78 Å². The van der Waals surface area contributed by atoms with Gasteiger partial charge in [0.25, 0.3) is 0 Å². The molecule has 29 heavy (non-hydrogen) atoms. The first-order valence-electron chi connectivity index (χ1n) is 9.05. The van der Waals surface area contributed by atoms with Gasteiger partial charge >= 0.3 is 5.97 Å². The van der Waals surface area contributed by atoms with Crippen molar-refractivity contribution >= 4 is 39.1 Å². The van der Waals surface area contributed by atoms with Crippen LogP contribution in [-0.2, 0) is 16.2 Å². The van der Waals surface area contributed by atoms with Crippen molar-refractivity contribution < 1.29 is 28.6 Å². The molecule has 0 spiro atoms. The number of halogens is 3. The van der Waals surface area contributed by atoms with Gasteiger partial charge in [0.05, 0.1) is 35.1 Å². The second-order valence-corrected chi connectivity index (χ2v) is 8.42. The predicted molar refractivity (Wildman–Crippen MR) is 107 cm³/mol. The topological polar surface area (TPSA) is 116 Å². The molecule has 1 aromatic carbocycles. The van der Waals surface area contributed by atoms with Gasteiger partial charge in [-0.25, -0.2) is 13.6 Å². The van der Waals surface area contributed by atoms with Gasteiger partial charge in [-0.15, -0.1) is 0 Å². The fourth-order valence-corrected chi connectivity index (χ4v) is 5.45. The van der Waals surface area contributed by atoms with Crippen LogP contribution >= 0.6 is 15.9 Å². The number of aliphatic hydroxyl groups is 1. The van der Waals surface area contributed by atoms with Crippen molar-refractivity contribution in [1.82, 2.24) is 5.32 Å². The molecule has 6 atom stereocenters. The molecule has 1 heterocycles. The molecular formula is C19H22BrF2N3O4. The van der Waals surface area contributed by atoms with E-state index in [1.54, 1.807) is 14.0 Å². The third kappa shape index (κ3) is 3.43. The van der Waals surface area contributed by atoms with E-state index in [9.17, 15) is 24.2 Å². The molecule has 3 rings (SSSR count). The zero-order valence-electron chi connectivity index (χ0n) is 15.8. The number of hydrogen-bond acceptors (Lipinski definition) is 6. The number of carbonyl (C=O) groups is 2. The van der Waals surface area contributed by atoms with E-state index < -0.39 is 64.7 Å². The number of nitrogens with two attached hydrogens (primary N) is 1. The van der Waals surface area contributed by atoms with E-state index in [0.717, 1.165) is 12.3 Å². The molecule has 0 aromatic heterocycles. The monoisotopic (exact) mass is 473 g/mol. The lowest BCUT2D eigenvalue weighted by Crippen LogP contribution is -2.66. The average Bonchev–Trinajstić information content (AvgIpc) is 2.68. The number of alkyl halides is 2. The minimum absolute atomic E-state index is 0.168. The van der Waals surface area contributed by atoms with Crippen LogP contribution < -0.4 is 16.0 Å². The maximum Gasteiger partial charge on any atom is 0.340 e. The number of carboxylic acid groups (broad SMARTS) is 1. The number of hydrogen-bond donors (Lipinski definition) is 4. The van der Waals surface area contributed by atoms with Gasteiger partial charge in [0.2, 0.25) is 0 Å². The SMILES string of the molecule is CN[C@H]1C(F)C(C)C2C(=O)C(C(=O)O)=CN(c3cc(N)c(F)cc3CO)C2[C@H]1Br. The number of nitrogen functional groups attached to an aromatic ring is 1. The number of anilines is 2. The summed E-state index contributed by atoms with van der Waals surface area (Å²) in [5, 5.41) is 22.2. The molecular weight excluding hydrogens is 452 g/mol. The van der Waals surface area contributed by atoms with Crippen molar-refractivity contribution in [3.63, 3.8) is 0 Å². The lowest BCUT2D eigenvalue weighted by atomic mass is 9.68. The van der Waals surface area contributed by atoms with Crippen molar-refractivity contribution in [2.75, 3.05) is 17.7 Å². The summed E-state index contributed by atoms with van der Waals surface area (Å²) in [6.45, 7) is 1.03. The third-order valence-electron chi connectivity index (χ3n) is 5.82. The summed E-state index contributed by atoms with van der Waals surface area (Å²) < 4.78 is 28.9. The average molecular weight is 474 g/mol. The van der Waals surface area contributed by atoms with Gasteiger partial charge in [-0.3, -0.25) is 4.79 Å². The van der Waals surface area contributed by atoms with E-state index in [-0.39, 0.29) is 16.9 Å². The van der Waals surface area contributed by atoms with E-state index >= 15 is 4.39 Å². The summed E-state index contributed by atoms with van der Waals surface area (Å²) in [6, 6.07) is 1.01. The molecule has 0 bridgehead atoms. The number of Topliss-reactive ketones (excluding diaryl/α,β-unsaturated/α-hetero) is 1. The largest absolute Gasteiger partial charge is 0.478 e. The van der Waals surface area contributed by atoms with Gasteiger partial charge < -0.3 is 26.2 Å². The standard InChI is InChI=1S/C19H22BrF2N3O4/c1-7-13-17(14(20)16(24-2)15(7)22)25(5-9(18(13)27)19(28)29)12-4-11(23)10(21)3-8(12)6-26/h3-5,7,13-17,24,26H,6,23H2,1-2H3,(H,28,29)/t7?,13?,14-,15?,16+,17?/m0/s1. The molecule has 10 heteroatoms. The zero-order valence-corrected chi connectivity index (χ0v) is 17.4. The molecule has 1 saturated carbocycles. The molecule has 7 nitrogen and oxygen atoms in total. The Kier molecular flexibility index (Phi) is 5.98. The highest BCUT2D eigenvalue weighted by Gasteiger charge is 2.55. The van der Waals surface area contributed by atoms with Gasteiger partial charge in [-0.2, -0.15) is 0 Å². The Balaban J connectivity index is 2.25. The smallest absolute Gasteiger partial charge is 0.340 e. The Hall–Kier alpha value is -2.04. The van der Waals surface area contributed by atoms with Crippen molar-refractivity contribution in [3.05, 3.63) is 35.3 Å². The number of ketones is 1. The molecule has 5 N–H and O–H groups in total. The van der Waals surface area contributed by atoms with Crippen LogP contribution in [0.5, 0.6) is 0 Å². The highest BCUT2D eigenvalue weighted by Crippen LogP contribution is 2.45. The second kappa shape index (κ2) is 8.00. The lowest BCUT2D eigenvalue weighted by molar-refractivity contribution is -0.136. The maximum atomic E-state index is 15.0. The Bertz CT molecular complexity index is 881. The van der Waals surface area contributed by atoms with Crippen LogP contribution in [0.1, 0.15) is 12.5 Å². The van der Waals surface area contributed by atoms with Gasteiger partial charge in [-0.05, 0) is 19.2 Å². The first kappa shape index (κ1) is 21.7. The molecule has 158 valence electrons. The fourth-order valence-electron chi connectivity index (χ4n) is 4.31. The zero-order chi connectivity index (χ0) is 21.6. The molecule has 0 saturated heterocycles. The fraction of sp³-hybridized carbons (Fsp3) is 0.474. The Morgan fingerprint density at radius 3 is 2.62 bits per heavy atom. The van der Waals surface area contributed by atoms with E-state index in [2.05, 4.69) is 21.2 Å². The van der Waals surface area contributed by atoms with Gasteiger partial charge in [0, 0.05) is 23.4 Å². The summed E-state index contributed by atoms with van der Waals surface area (Å²) in [5.74, 6) is -4.57. The number of rotatable bonds is 4. The molecule has 2 aliphatic rings. The van der Waals surface area contributed by atoms with E-state index in [4.69, 9.17) is 5.73 Å². The lowest BCUT2D eigenvalue weighted by Gasteiger charge is -2.51. The van der Waals surface area contributed by atoms with E-state index in [1.807, 2.05) is 0 Å². The first-order chi connectivity index (χ1) is 13.6. The first-order valence-corrected chi connectivity index (χ1v) is 9.97. The number of fused-ring (bicyclic) bond motifs is 1. The molecule has 1 fully saturated rings. The van der Waals surface area contributed by atoms with Crippen molar-refractivity contribution in [3.8, 4) is 0 Å². The minimum atomic E-state index is -1.44. The number of benzene rings is 1. The quantitative estimate of drug-likeness (QED) is 0.298. The minimum Gasteiger partial charge on any atom is -0.478 e. The van der Waals surface area contributed by atoms with Gasteiger partial charge in [-0.1, -0.05) is 22.9 Å². The van der Waals surface area contributed by atoms with Crippen LogP contribution in [0.3, 0.4) is 0 Å². The summed E-state index contributed by atoms with van der Waals surface area (Å²) in [5.41, 5.74) is 5.44. The number of aliphatic carboxylic acids is 1. The summed E-state index contributed by atoms with van der Waals surface area (Å²) in [7, 11) is 1.60. The van der Waals surface area contributed by atoms with Crippen LogP contribution in [-0.4, -0.2) is 52.1 Å². The van der Waals surface area contributed by atoms with Crippen molar-refractivity contribution in [2.24, 2.45) is 11.8 Å². The van der Waals surface area contributed by atoms with E-state index in [1.165, 1.54) is 11.0 Å². The molecule has 1 aromatic rings. The van der Waals surface area contributed by atoms with Crippen LogP contribution in [0.15, 0.2) is 23.9 Å². The maximum absolute atomic E-state index is 15.0. The predicted octanol–water partition coefficient (Wildman–Crippen LogP) is 1.58. The summed E-state index contributed by atoms with van der Waals surface area (Å²) >= 11 is 3.49. The number of carbonyl (C=O) groups excluding carboxylic acids is 1. The molecule has 0 amide bonds. The van der Waals surface area contributed by atoms with Crippen LogP contribution in [0.4, 0.5) is 20.2 Å². The highest BCUT2D eigenvalue weighted by atomic mass is 79.9. The van der Waals surface area contributed by atoms with Crippen LogP contribution in [0.2, 0.25) is 0 Å². The summed E-state index contributed by atoms with van der Waals surface area (Å²) in [6.07, 6.45) is -0.246. The Morgan fingerprint density at radius 2 is 2.07 bits per heavy atom. The molecule has 0 radical (unpaired) electrons. The van der Waals surface area contributed by atoms with Crippen molar-refractivity contribution in [2.45, 2.75) is 36.6 Å². The molecule has 1 aliphatic heterocycles. The Morgan fingerprint density at radius 1 is 1.41 bits per heavy atom. The highest BCUT2D eigenvalue weighted by molar-refractivity contribution is 9.09. The van der Waals surface area contributed by atoms with E-state index in [0.29, 0.717) is 0 Å². The van der Waals surface area contributed by atoms with Crippen LogP contribution in [0.25, 0.3) is 0 Å². The Labute approximate surface area is 174 Å². The van der Waals surface area contributed by atoms with Crippen molar-refractivity contribution in [1.29, 1.82) is 0 Å². The molecule has 1 aliphatic carbocycles. The van der Waals surface area contributed by atoms with Gasteiger partial charge in [0.1, 0.15) is 17.6 Å². The number of nitrogens with zero attached hydrogens (tertiary/aromatic N) is 1. The molecule has 4 unspecified atom stereocenters. The normalized spacial score (nSPS) is 32.0. The number of aliphatic hydroxyl groups excluding tert-OH is 1. The second-order valence-electron chi connectivity index (χ2n) is 7.36. The summed E-state index contributed by atoms with van der Waals surface area (Å²) in [4.78, 5) is 25.5. The van der Waals surface area contributed by atoms with Crippen LogP contribution in [0, 0.1) is 17.7 Å².